The van der Waals surface area contributed by atoms with Gasteiger partial charge in [0.2, 0.25) is 0 Å². The molecule has 0 aliphatic heterocycles. The number of unbranched alkanes of at least 4 members (excludes halogenated alkanes) is 1. The number of methoxy groups -OCH3 is 1. The minimum atomic E-state index is -0.146. The molecular weight excluding hydrogens is 236 g/mol. The van der Waals surface area contributed by atoms with E-state index in [0.29, 0.717) is 18.3 Å². The lowest BCUT2D eigenvalue weighted by Crippen LogP contribution is -2.38. The molecule has 1 unspecified atom stereocenters. The van der Waals surface area contributed by atoms with E-state index in [4.69, 9.17) is 4.74 Å². The maximum atomic E-state index is 12.8. The second-order valence-electron chi connectivity index (χ2n) is 6.32. The molecule has 2 heteroatoms. The zero-order chi connectivity index (χ0) is 14.1. The molecule has 0 radical (unpaired) electrons. The first-order chi connectivity index (χ1) is 9.18. The Hall–Kier alpha value is -0.370. The van der Waals surface area contributed by atoms with E-state index in [2.05, 4.69) is 13.8 Å². The lowest BCUT2D eigenvalue weighted by atomic mass is 9.69. The van der Waals surface area contributed by atoms with E-state index in [-0.39, 0.29) is 5.41 Å². The molecule has 19 heavy (non-hydrogen) atoms. The van der Waals surface area contributed by atoms with Crippen LogP contribution in [0, 0.1) is 11.3 Å². The summed E-state index contributed by atoms with van der Waals surface area (Å²) in [5.41, 5.74) is -0.146. The third kappa shape index (κ3) is 4.91. The Morgan fingerprint density at radius 1 is 1.21 bits per heavy atom. The van der Waals surface area contributed by atoms with Gasteiger partial charge in [0.1, 0.15) is 5.78 Å². The highest BCUT2D eigenvalue weighted by molar-refractivity contribution is 5.85. The first kappa shape index (κ1) is 16.7. The second-order valence-corrected chi connectivity index (χ2v) is 6.32. The van der Waals surface area contributed by atoms with Crippen molar-refractivity contribution in [3.8, 4) is 0 Å². The standard InChI is InChI=1S/C17H32O2/c1-4-6-10-15(5-2)13-16(18)17(14-19-3)11-8-7-9-12-17/h15H,4-14H2,1-3H3. The van der Waals surface area contributed by atoms with Crippen molar-refractivity contribution >= 4 is 5.78 Å². The van der Waals surface area contributed by atoms with Crippen molar-refractivity contribution in [1.29, 1.82) is 0 Å². The van der Waals surface area contributed by atoms with Gasteiger partial charge in [0, 0.05) is 13.5 Å². The molecule has 0 amide bonds. The van der Waals surface area contributed by atoms with E-state index < -0.39 is 0 Å². The number of Topliss-reactive ketones (excluding diaryl/α,β-unsaturated/α-hetero) is 1. The summed E-state index contributed by atoms with van der Waals surface area (Å²) in [4.78, 5) is 12.8. The van der Waals surface area contributed by atoms with Gasteiger partial charge in [0.05, 0.1) is 12.0 Å². The summed E-state index contributed by atoms with van der Waals surface area (Å²) in [5.74, 6) is 1.07. The maximum absolute atomic E-state index is 12.8. The maximum Gasteiger partial charge on any atom is 0.141 e. The largest absolute Gasteiger partial charge is 0.384 e. The van der Waals surface area contributed by atoms with Crippen molar-refractivity contribution in [2.75, 3.05) is 13.7 Å². The zero-order valence-corrected chi connectivity index (χ0v) is 13.2. The van der Waals surface area contributed by atoms with Crippen LogP contribution in [0.3, 0.4) is 0 Å². The highest BCUT2D eigenvalue weighted by Crippen LogP contribution is 2.39. The summed E-state index contributed by atoms with van der Waals surface area (Å²) in [7, 11) is 1.73. The molecule has 0 heterocycles. The van der Waals surface area contributed by atoms with Crippen LogP contribution in [0.5, 0.6) is 0 Å². The predicted octanol–water partition coefficient (Wildman–Crippen LogP) is 4.76. The summed E-state index contributed by atoms with van der Waals surface area (Å²) in [6.07, 6.45) is 11.4. The summed E-state index contributed by atoms with van der Waals surface area (Å²) in [5, 5.41) is 0. The third-order valence-corrected chi connectivity index (χ3v) is 4.84. The van der Waals surface area contributed by atoms with Gasteiger partial charge in [0.15, 0.2) is 0 Å². The topological polar surface area (TPSA) is 26.3 Å². The van der Waals surface area contributed by atoms with Gasteiger partial charge in [-0.25, -0.2) is 0 Å². The van der Waals surface area contributed by atoms with Crippen molar-refractivity contribution < 1.29 is 9.53 Å². The number of rotatable bonds is 9. The molecule has 0 N–H and O–H groups in total. The van der Waals surface area contributed by atoms with E-state index >= 15 is 0 Å². The lowest BCUT2D eigenvalue weighted by Gasteiger charge is -2.36. The van der Waals surface area contributed by atoms with Gasteiger partial charge in [-0.3, -0.25) is 4.79 Å². The summed E-state index contributed by atoms with van der Waals surface area (Å²) >= 11 is 0. The number of carbonyl (C=O) groups excluding carboxylic acids is 1. The van der Waals surface area contributed by atoms with E-state index in [1.165, 1.54) is 38.5 Å². The number of carbonyl (C=O) groups is 1. The summed E-state index contributed by atoms with van der Waals surface area (Å²) in [6, 6.07) is 0. The van der Waals surface area contributed by atoms with Crippen LogP contribution >= 0.6 is 0 Å². The minimum Gasteiger partial charge on any atom is -0.384 e. The lowest BCUT2D eigenvalue weighted by molar-refractivity contribution is -0.135. The van der Waals surface area contributed by atoms with Crippen LogP contribution in [0.1, 0.15) is 78.1 Å². The Morgan fingerprint density at radius 2 is 1.89 bits per heavy atom. The van der Waals surface area contributed by atoms with Gasteiger partial charge in [-0.05, 0) is 18.8 Å². The van der Waals surface area contributed by atoms with Crippen LogP contribution in [0.25, 0.3) is 0 Å². The fourth-order valence-corrected chi connectivity index (χ4v) is 3.43. The summed E-state index contributed by atoms with van der Waals surface area (Å²) < 4.78 is 5.38. The first-order valence-corrected chi connectivity index (χ1v) is 8.20. The molecule has 0 bridgehead atoms. The van der Waals surface area contributed by atoms with Gasteiger partial charge >= 0.3 is 0 Å². The van der Waals surface area contributed by atoms with E-state index in [9.17, 15) is 4.79 Å². The Kier molecular flexibility index (Phi) is 7.67. The van der Waals surface area contributed by atoms with Gasteiger partial charge in [-0.1, -0.05) is 58.8 Å². The SMILES string of the molecule is CCCCC(CC)CC(=O)C1(COC)CCCCC1. The Labute approximate surface area is 119 Å². The molecule has 1 aliphatic carbocycles. The van der Waals surface area contributed by atoms with E-state index in [1.54, 1.807) is 7.11 Å². The molecule has 0 aromatic heterocycles. The molecule has 1 saturated carbocycles. The molecule has 1 rings (SSSR count). The van der Waals surface area contributed by atoms with Gasteiger partial charge in [-0.2, -0.15) is 0 Å². The fourth-order valence-electron chi connectivity index (χ4n) is 3.43. The average molecular weight is 268 g/mol. The molecule has 2 nitrogen and oxygen atoms in total. The van der Waals surface area contributed by atoms with Crippen LogP contribution in [-0.4, -0.2) is 19.5 Å². The Bertz CT molecular complexity index is 248. The number of ketones is 1. The Balaban J connectivity index is 2.60. The highest BCUT2D eigenvalue weighted by Gasteiger charge is 2.39. The molecule has 0 saturated heterocycles. The third-order valence-electron chi connectivity index (χ3n) is 4.84. The normalized spacial score (nSPS) is 20.2. The molecular formula is C17H32O2. The molecule has 0 spiro atoms. The van der Waals surface area contributed by atoms with Crippen LogP contribution in [0.2, 0.25) is 0 Å². The summed E-state index contributed by atoms with van der Waals surface area (Å²) in [6.45, 7) is 5.08. The van der Waals surface area contributed by atoms with Crippen LogP contribution in [0.4, 0.5) is 0 Å². The van der Waals surface area contributed by atoms with Crippen molar-refractivity contribution in [3.63, 3.8) is 0 Å². The van der Waals surface area contributed by atoms with Crippen molar-refractivity contribution in [1.82, 2.24) is 0 Å². The highest BCUT2D eigenvalue weighted by atomic mass is 16.5. The van der Waals surface area contributed by atoms with Crippen molar-refractivity contribution in [3.05, 3.63) is 0 Å². The van der Waals surface area contributed by atoms with Crippen molar-refractivity contribution in [2.24, 2.45) is 11.3 Å². The zero-order valence-electron chi connectivity index (χ0n) is 13.2. The van der Waals surface area contributed by atoms with Gasteiger partial charge in [0.25, 0.3) is 0 Å². The minimum absolute atomic E-state index is 0.146. The quantitative estimate of drug-likeness (QED) is 0.602. The number of ether oxygens (including phenoxy) is 1. The monoisotopic (exact) mass is 268 g/mol. The molecule has 1 aliphatic rings. The van der Waals surface area contributed by atoms with Crippen LogP contribution < -0.4 is 0 Å². The van der Waals surface area contributed by atoms with Crippen molar-refractivity contribution in [2.45, 2.75) is 78.1 Å². The van der Waals surface area contributed by atoms with Crippen LogP contribution in [0.15, 0.2) is 0 Å². The first-order valence-electron chi connectivity index (χ1n) is 8.20. The molecule has 1 fully saturated rings. The Morgan fingerprint density at radius 3 is 2.42 bits per heavy atom. The molecule has 112 valence electrons. The number of hydrogen-bond donors (Lipinski definition) is 0. The fraction of sp³-hybridized carbons (Fsp3) is 0.941. The van der Waals surface area contributed by atoms with Gasteiger partial charge < -0.3 is 4.74 Å². The van der Waals surface area contributed by atoms with Gasteiger partial charge in [-0.15, -0.1) is 0 Å². The van der Waals surface area contributed by atoms with E-state index in [0.717, 1.165) is 25.7 Å². The van der Waals surface area contributed by atoms with Crippen LogP contribution in [-0.2, 0) is 9.53 Å². The number of hydrogen-bond acceptors (Lipinski definition) is 2. The predicted molar refractivity (Wildman–Crippen MR) is 80.3 cm³/mol. The molecule has 0 aromatic carbocycles. The van der Waals surface area contributed by atoms with E-state index in [1.807, 2.05) is 0 Å². The molecule has 1 atom stereocenters. The second kappa shape index (κ2) is 8.73. The smallest absolute Gasteiger partial charge is 0.141 e. The molecule has 0 aromatic rings. The average Bonchev–Trinajstić information content (AvgIpc) is 2.44.